The van der Waals surface area contributed by atoms with Crippen molar-refractivity contribution in [2.75, 3.05) is 13.6 Å². The van der Waals surface area contributed by atoms with E-state index < -0.39 is 0 Å². The van der Waals surface area contributed by atoms with Gasteiger partial charge >= 0.3 is 0 Å². The number of piperidine rings is 1. The zero-order valence-electron chi connectivity index (χ0n) is 10.2. The van der Waals surface area contributed by atoms with Crippen LogP contribution in [0.2, 0.25) is 0 Å². The molecular weight excluding hydrogens is 202 g/mol. The van der Waals surface area contributed by atoms with Gasteiger partial charge in [-0.2, -0.15) is 0 Å². The third kappa shape index (κ3) is 2.83. The lowest BCUT2D eigenvalue weighted by Gasteiger charge is -2.32. The monoisotopic (exact) mass is 223 g/mol. The number of likely N-dealkylation sites (tertiary alicyclic amines) is 1. The summed E-state index contributed by atoms with van der Waals surface area (Å²) in [6.07, 6.45) is 3.97. The second-order valence-corrected chi connectivity index (χ2v) is 4.63. The van der Waals surface area contributed by atoms with Crippen LogP contribution in [0.1, 0.15) is 37.6 Å². The van der Waals surface area contributed by atoms with Gasteiger partial charge < -0.3 is 9.84 Å². The highest BCUT2D eigenvalue weighted by atomic mass is 16.5. The average molecular weight is 223 g/mol. The molecule has 0 aliphatic carbocycles. The molecule has 0 amide bonds. The summed E-state index contributed by atoms with van der Waals surface area (Å²) in [5, 5.41) is 7.11. The van der Waals surface area contributed by atoms with Crippen molar-refractivity contribution in [2.24, 2.45) is 0 Å². The van der Waals surface area contributed by atoms with Crippen LogP contribution in [0.4, 0.5) is 0 Å². The molecule has 1 aromatic heterocycles. The highest BCUT2D eigenvalue weighted by Crippen LogP contribution is 2.19. The lowest BCUT2D eigenvalue weighted by Crippen LogP contribution is -2.36. The van der Waals surface area contributed by atoms with E-state index in [0.717, 1.165) is 24.5 Å². The van der Waals surface area contributed by atoms with Gasteiger partial charge in [0.15, 0.2) is 5.76 Å². The van der Waals surface area contributed by atoms with Crippen LogP contribution in [-0.4, -0.2) is 29.7 Å². The second-order valence-electron chi connectivity index (χ2n) is 4.63. The first-order valence-electron chi connectivity index (χ1n) is 6.12. The molecule has 1 saturated heterocycles. The van der Waals surface area contributed by atoms with Gasteiger partial charge in [-0.3, -0.25) is 4.90 Å². The number of nitrogens with one attached hydrogen (secondary N) is 1. The van der Waals surface area contributed by atoms with Crippen LogP contribution in [0.25, 0.3) is 0 Å². The summed E-state index contributed by atoms with van der Waals surface area (Å²) in [7, 11) is 1.92. The van der Waals surface area contributed by atoms with E-state index >= 15 is 0 Å². The van der Waals surface area contributed by atoms with E-state index in [1.807, 2.05) is 7.05 Å². The fraction of sp³-hybridized carbons (Fsp3) is 0.750. The van der Waals surface area contributed by atoms with Crippen LogP contribution in [0, 0.1) is 0 Å². The Labute approximate surface area is 97.0 Å². The van der Waals surface area contributed by atoms with Gasteiger partial charge in [0, 0.05) is 18.7 Å². The van der Waals surface area contributed by atoms with Crippen molar-refractivity contribution in [3.8, 4) is 0 Å². The molecule has 0 spiro atoms. The first kappa shape index (κ1) is 11.6. The molecule has 1 aliphatic heterocycles. The third-order valence-electron chi connectivity index (χ3n) is 3.27. The molecule has 1 atom stereocenters. The minimum atomic E-state index is 0.673. The van der Waals surface area contributed by atoms with Gasteiger partial charge in [-0.25, -0.2) is 0 Å². The van der Waals surface area contributed by atoms with Gasteiger partial charge in [0.05, 0.1) is 12.2 Å². The van der Waals surface area contributed by atoms with Gasteiger partial charge in [-0.05, 0) is 33.4 Å². The smallest absolute Gasteiger partial charge is 0.151 e. The summed E-state index contributed by atoms with van der Waals surface area (Å²) in [4.78, 5) is 2.48. The number of aromatic nitrogens is 1. The van der Waals surface area contributed by atoms with Crippen molar-refractivity contribution in [1.82, 2.24) is 15.4 Å². The van der Waals surface area contributed by atoms with Crippen molar-refractivity contribution in [1.29, 1.82) is 0 Å². The standard InChI is InChI=1S/C12H21N3O/c1-10-5-3-4-6-15(10)9-12-7-11(8-13-2)14-16-12/h7,10,13H,3-6,8-9H2,1-2H3. The molecule has 90 valence electrons. The number of rotatable bonds is 4. The van der Waals surface area contributed by atoms with Crippen LogP contribution in [0.5, 0.6) is 0 Å². The fourth-order valence-electron chi connectivity index (χ4n) is 2.29. The topological polar surface area (TPSA) is 41.3 Å². The SMILES string of the molecule is CNCc1cc(CN2CCCCC2C)on1. The average Bonchev–Trinajstić information content (AvgIpc) is 2.70. The summed E-state index contributed by atoms with van der Waals surface area (Å²) in [5.41, 5.74) is 0.988. The molecule has 1 aliphatic rings. The van der Waals surface area contributed by atoms with E-state index in [2.05, 4.69) is 28.4 Å². The van der Waals surface area contributed by atoms with Crippen molar-refractivity contribution in [3.63, 3.8) is 0 Å². The Morgan fingerprint density at radius 2 is 2.44 bits per heavy atom. The molecule has 0 bridgehead atoms. The number of nitrogens with zero attached hydrogens (tertiary/aromatic N) is 2. The van der Waals surface area contributed by atoms with Gasteiger partial charge in [0.25, 0.3) is 0 Å². The van der Waals surface area contributed by atoms with Crippen LogP contribution in [0.15, 0.2) is 10.6 Å². The normalized spacial score (nSPS) is 22.5. The third-order valence-corrected chi connectivity index (χ3v) is 3.27. The fourth-order valence-corrected chi connectivity index (χ4v) is 2.29. The molecule has 2 heterocycles. The summed E-state index contributed by atoms with van der Waals surface area (Å²) in [6.45, 7) is 5.16. The largest absolute Gasteiger partial charge is 0.360 e. The molecule has 1 unspecified atom stereocenters. The lowest BCUT2D eigenvalue weighted by molar-refractivity contribution is 0.137. The molecule has 16 heavy (non-hydrogen) atoms. The van der Waals surface area contributed by atoms with E-state index in [1.54, 1.807) is 0 Å². The van der Waals surface area contributed by atoms with E-state index in [1.165, 1.54) is 25.8 Å². The maximum Gasteiger partial charge on any atom is 0.151 e. The van der Waals surface area contributed by atoms with Crippen molar-refractivity contribution >= 4 is 0 Å². The quantitative estimate of drug-likeness (QED) is 0.844. The maximum absolute atomic E-state index is 5.34. The van der Waals surface area contributed by atoms with Crippen LogP contribution in [-0.2, 0) is 13.1 Å². The predicted octanol–water partition coefficient (Wildman–Crippen LogP) is 1.77. The van der Waals surface area contributed by atoms with Gasteiger partial charge in [0.1, 0.15) is 0 Å². The Kier molecular flexibility index (Phi) is 3.96. The van der Waals surface area contributed by atoms with E-state index in [4.69, 9.17) is 4.52 Å². The summed E-state index contributed by atoms with van der Waals surface area (Å²) in [6, 6.07) is 2.73. The molecule has 4 heteroatoms. The highest BCUT2D eigenvalue weighted by Gasteiger charge is 2.19. The van der Waals surface area contributed by atoms with E-state index in [-0.39, 0.29) is 0 Å². The first-order valence-corrected chi connectivity index (χ1v) is 6.12. The Bertz CT molecular complexity index is 324. The van der Waals surface area contributed by atoms with Crippen molar-refractivity contribution in [3.05, 3.63) is 17.5 Å². The van der Waals surface area contributed by atoms with Crippen LogP contribution in [0.3, 0.4) is 0 Å². The highest BCUT2D eigenvalue weighted by molar-refractivity contribution is 5.05. The van der Waals surface area contributed by atoms with Crippen LogP contribution < -0.4 is 5.32 Å². The lowest BCUT2D eigenvalue weighted by atomic mass is 10.0. The van der Waals surface area contributed by atoms with Gasteiger partial charge in [-0.1, -0.05) is 11.6 Å². The predicted molar refractivity (Wildman–Crippen MR) is 63.0 cm³/mol. The molecule has 2 rings (SSSR count). The summed E-state index contributed by atoms with van der Waals surface area (Å²) in [5.74, 6) is 0.985. The van der Waals surface area contributed by atoms with Gasteiger partial charge in [-0.15, -0.1) is 0 Å². The number of hydrogen-bond donors (Lipinski definition) is 1. The second kappa shape index (κ2) is 5.46. The zero-order chi connectivity index (χ0) is 11.4. The Morgan fingerprint density at radius 3 is 3.19 bits per heavy atom. The van der Waals surface area contributed by atoms with E-state index in [9.17, 15) is 0 Å². The summed E-state index contributed by atoms with van der Waals surface area (Å²) >= 11 is 0. The molecule has 4 nitrogen and oxygen atoms in total. The molecule has 1 fully saturated rings. The molecule has 0 radical (unpaired) electrons. The first-order chi connectivity index (χ1) is 7.79. The van der Waals surface area contributed by atoms with Crippen LogP contribution >= 0.6 is 0 Å². The molecule has 1 aromatic rings. The van der Waals surface area contributed by atoms with Gasteiger partial charge in [0.2, 0.25) is 0 Å². The Balaban J connectivity index is 1.91. The van der Waals surface area contributed by atoms with E-state index in [0.29, 0.717) is 6.04 Å². The molecule has 0 saturated carbocycles. The Hall–Kier alpha value is -0.870. The number of hydrogen-bond acceptors (Lipinski definition) is 4. The minimum Gasteiger partial charge on any atom is -0.360 e. The Morgan fingerprint density at radius 1 is 1.56 bits per heavy atom. The molecule has 0 aromatic carbocycles. The minimum absolute atomic E-state index is 0.673. The zero-order valence-corrected chi connectivity index (χ0v) is 10.2. The van der Waals surface area contributed by atoms with Crippen molar-refractivity contribution < 1.29 is 4.52 Å². The maximum atomic E-state index is 5.34. The molecular formula is C12H21N3O. The van der Waals surface area contributed by atoms with Crippen molar-refractivity contribution in [2.45, 2.75) is 45.3 Å². The molecule has 1 N–H and O–H groups in total. The summed E-state index contributed by atoms with van der Waals surface area (Å²) < 4.78 is 5.34.